The van der Waals surface area contributed by atoms with Crippen LogP contribution in [0.2, 0.25) is 0 Å². The number of fused-ring (bicyclic) bond motifs is 1. The first-order chi connectivity index (χ1) is 10.3. The SMILES string of the molecule is CCOc1ccc2[nH]c(=O)n(CCN3CCOCC3)c2c1. The number of H-pyrrole nitrogens is 1. The summed E-state index contributed by atoms with van der Waals surface area (Å²) in [6.45, 7) is 7.52. The Bertz CT molecular complexity index is 656. The number of morpholine rings is 1. The number of nitrogens with zero attached hydrogens (tertiary/aromatic N) is 2. The van der Waals surface area contributed by atoms with Crippen LogP contribution in [0.25, 0.3) is 11.0 Å². The Kier molecular flexibility index (Phi) is 4.26. The number of hydrogen-bond donors (Lipinski definition) is 1. The van der Waals surface area contributed by atoms with Crippen molar-refractivity contribution in [2.45, 2.75) is 13.5 Å². The average molecular weight is 291 g/mol. The first-order valence-corrected chi connectivity index (χ1v) is 7.43. The molecular weight excluding hydrogens is 270 g/mol. The Hall–Kier alpha value is -1.79. The van der Waals surface area contributed by atoms with Gasteiger partial charge in [0.1, 0.15) is 5.75 Å². The number of imidazole rings is 1. The smallest absolute Gasteiger partial charge is 0.326 e. The van der Waals surface area contributed by atoms with Crippen molar-refractivity contribution in [3.63, 3.8) is 0 Å². The third-order valence-electron chi connectivity index (χ3n) is 3.80. The van der Waals surface area contributed by atoms with Gasteiger partial charge in [-0.25, -0.2) is 4.79 Å². The van der Waals surface area contributed by atoms with E-state index in [-0.39, 0.29) is 5.69 Å². The summed E-state index contributed by atoms with van der Waals surface area (Å²) in [5.41, 5.74) is 1.69. The molecule has 1 saturated heterocycles. The highest BCUT2D eigenvalue weighted by Gasteiger charge is 2.12. The fourth-order valence-corrected chi connectivity index (χ4v) is 2.68. The van der Waals surface area contributed by atoms with Crippen LogP contribution in [0.15, 0.2) is 23.0 Å². The summed E-state index contributed by atoms with van der Waals surface area (Å²) >= 11 is 0. The van der Waals surface area contributed by atoms with Crippen LogP contribution >= 0.6 is 0 Å². The molecule has 1 aliphatic heterocycles. The summed E-state index contributed by atoms with van der Waals surface area (Å²) in [6, 6.07) is 5.71. The van der Waals surface area contributed by atoms with Gasteiger partial charge in [-0.1, -0.05) is 0 Å². The number of rotatable bonds is 5. The van der Waals surface area contributed by atoms with E-state index >= 15 is 0 Å². The van der Waals surface area contributed by atoms with Crippen molar-refractivity contribution in [3.05, 3.63) is 28.7 Å². The molecule has 0 atom stereocenters. The Morgan fingerprint density at radius 1 is 1.29 bits per heavy atom. The van der Waals surface area contributed by atoms with Gasteiger partial charge < -0.3 is 14.5 Å². The molecule has 21 heavy (non-hydrogen) atoms. The second-order valence-corrected chi connectivity index (χ2v) is 5.15. The zero-order valence-corrected chi connectivity index (χ0v) is 12.3. The molecule has 0 bridgehead atoms. The predicted molar refractivity (Wildman–Crippen MR) is 81.0 cm³/mol. The van der Waals surface area contributed by atoms with Gasteiger partial charge in [0.25, 0.3) is 0 Å². The van der Waals surface area contributed by atoms with Gasteiger partial charge >= 0.3 is 5.69 Å². The topological polar surface area (TPSA) is 59.5 Å². The zero-order chi connectivity index (χ0) is 14.7. The molecule has 0 spiro atoms. The minimum atomic E-state index is -0.0630. The molecule has 0 amide bonds. The van der Waals surface area contributed by atoms with Crippen molar-refractivity contribution in [1.82, 2.24) is 14.5 Å². The van der Waals surface area contributed by atoms with E-state index in [1.165, 1.54) is 0 Å². The molecule has 6 heteroatoms. The van der Waals surface area contributed by atoms with Crippen molar-refractivity contribution in [2.75, 3.05) is 39.5 Å². The maximum Gasteiger partial charge on any atom is 0.326 e. The molecule has 0 radical (unpaired) electrons. The second-order valence-electron chi connectivity index (χ2n) is 5.15. The molecule has 0 saturated carbocycles. The highest BCUT2D eigenvalue weighted by molar-refractivity contribution is 5.77. The molecule has 2 heterocycles. The minimum absolute atomic E-state index is 0.0630. The van der Waals surface area contributed by atoms with Gasteiger partial charge in [0.05, 0.1) is 30.9 Å². The van der Waals surface area contributed by atoms with E-state index in [1.807, 2.05) is 25.1 Å². The molecule has 0 aliphatic carbocycles. The Morgan fingerprint density at radius 2 is 2.10 bits per heavy atom. The van der Waals surface area contributed by atoms with Gasteiger partial charge in [-0.15, -0.1) is 0 Å². The number of hydrogen-bond acceptors (Lipinski definition) is 4. The van der Waals surface area contributed by atoms with Crippen LogP contribution in [0.4, 0.5) is 0 Å². The quantitative estimate of drug-likeness (QED) is 0.895. The van der Waals surface area contributed by atoms with Crippen LogP contribution in [-0.2, 0) is 11.3 Å². The number of aromatic amines is 1. The lowest BCUT2D eigenvalue weighted by Gasteiger charge is -2.26. The van der Waals surface area contributed by atoms with Gasteiger partial charge in [0.15, 0.2) is 0 Å². The lowest BCUT2D eigenvalue weighted by molar-refractivity contribution is 0.0364. The van der Waals surface area contributed by atoms with E-state index in [9.17, 15) is 4.79 Å². The summed E-state index contributed by atoms with van der Waals surface area (Å²) in [5.74, 6) is 0.795. The largest absolute Gasteiger partial charge is 0.494 e. The van der Waals surface area contributed by atoms with Gasteiger partial charge in [-0.2, -0.15) is 0 Å². The standard InChI is InChI=1S/C15H21N3O3/c1-2-21-12-3-4-13-14(11-12)18(15(19)16-13)6-5-17-7-9-20-10-8-17/h3-4,11H,2,5-10H2,1H3,(H,16,19). The van der Waals surface area contributed by atoms with Crippen molar-refractivity contribution < 1.29 is 9.47 Å². The molecule has 1 fully saturated rings. The van der Waals surface area contributed by atoms with E-state index in [4.69, 9.17) is 9.47 Å². The predicted octanol–water partition coefficient (Wildman–Crippen LogP) is 1.06. The highest BCUT2D eigenvalue weighted by atomic mass is 16.5. The van der Waals surface area contributed by atoms with Crippen LogP contribution in [-0.4, -0.2) is 53.9 Å². The Balaban J connectivity index is 1.80. The molecular formula is C15H21N3O3. The van der Waals surface area contributed by atoms with E-state index in [1.54, 1.807) is 4.57 Å². The third-order valence-corrected chi connectivity index (χ3v) is 3.80. The van der Waals surface area contributed by atoms with Crippen LogP contribution in [0, 0.1) is 0 Å². The number of ether oxygens (including phenoxy) is 2. The van der Waals surface area contributed by atoms with E-state index in [2.05, 4.69) is 9.88 Å². The van der Waals surface area contributed by atoms with Gasteiger partial charge in [0, 0.05) is 32.2 Å². The first kappa shape index (κ1) is 14.2. The summed E-state index contributed by atoms with van der Waals surface area (Å²) in [5, 5.41) is 0. The Labute approximate surface area is 123 Å². The molecule has 3 rings (SSSR count). The fourth-order valence-electron chi connectivity index (χ4n) is 2.68. The van der Waals surface area contributed by atoms with Gasteiger partial charge in [-0.3, -0.25) is 9.47 Å². The molecule has 0 unspecified atom stereocenters. The third kappa shape index (κ3) is 3.11. The molecule has 1 aliphatic rings. The van der Waals surface area contributed by atoms with Crippen molar-refractivity contribution in [2.24, 2.45) is 0 Å². The summed E-state index contributed by atoms with van der Waals surface area (Å²) in [6.07, 6.45) is 0. The Morgan fingerprint density at radius 3 is 2.86 bits per heavy atom. The van der Waals surface area contributed by atoms with Crippen LogP contribution in [0.3, 0.4) is 0 Å². The molecule has 1 aromatic heterocycles. The maximum absolute atomic E-state index is 12.1. The maximum atomic E-state index is 12.1. The molecule has 2 aromatic rings. The van der Waals surface area contributed by atoms with Gasteiger partial charge in [-0.05, 0) is 19.1 Å². The summed E-state index contributed by atoms with van der Waals surface area (Å²) < 4.78 is 12.6. The van der Waals surface area contributed by atoms with Crippen LogP contribution in [0.1, 0.15) is 6.92 Å². The first-order valence-electron chi connectivity index (χ1n) is 7.43. The van der Waals surface area contributed by atoms with Crippen molar-refractivity contribution in [1.29, 1.82) is 0 Å². The number of nitrogens with one attached hydrogen (secondary N) is 1. The van der Waals surface area contributed by atoms with Crippen molar-refractivity contribution >= 4 is 11.0 Å². The van der Waals surface area contributed by atoms with Crippen LogP contribution < -0.4 is 10.4 Å². The van der Waals surface area contributed by atoms with E-state index in [0.29, 0.717) is 13.2 Å². The second kappa shape index (κ2) is 6.32. The summed E-state index contributed by atoms with van der Waals surface area (Å²) in [7, 11) is 0. The van der Waals surface area contributed by atoms with Crippen molar-refractivity contribution in [3.8, 4) is 5.75 Å². The van der Waals surface area contributed by atoms with E-state index in [0.717, 1.165) is 49.6 Å². The average Bonchev–Trinajstić information content (AvgIpc) is 2.82. The molecule has 1 aromatic carbocycles. The van der Waals surface area contributed by atoms with E-state index < -0.39 is 0 Å². The molecule has 1 N–H and O–H groups in total. The number of aromatic nitrogens is 2. The fraction of sp³-hybridized carbons (Fsp3) is 0.533. The molecule has 6 nitrogen and oxygen atoms in total. The number of benzene rings is 1. The monoisotopic (exact) mass is 291 g/mol. The zero-order valence-electron chi connectivity index (χ0n) is 12.3. The highest BCUT2D eigenvalue weighted by Crippen LogP contribution is 2.18. The summed E-state index contributed by atoms with van der Waals surface area (Å²) in [4.78, 5) is 17.3. The lowest BCUT2D eigenvalue weighted by atomic mass is 10.3. The van der Waals surface area contributed by atoms with Gasteiger partial charge in [0.2, 0.25) is 0 Å². The molecule has 114 valence electrons. The lowest BCUT2D eigenvalue weighted by Crippen LogP contribution is -2.39. The minimum Gasteiger partial charge on any atom is -0.494 e. The normalized spacial score (nSPS) is 16.4. The van der Waals surface area contributed by atoms with Crippen LogP contribution in [0.5, 0.6) is 5.75 Å².